The number of benzene rings is 1. The topological polar surface area (TPSA) is 66.4 Å². The maximum atomic E-state index is 13.4. The second kappa shape index (κ2) is 10.0. The van der Waals surface area contributed by atoms with Crippen molar-refractivity contribution in [3.8, 4) is 11.1 Å². The molecule has 182 valence electrons. The number of anilines is 1. The highest BCUT2D eigenvalue weighted by Gasteiger charge is 2.19. The summed E-state index contributed by atoms with van der Waals surface area (Å²) in [5.74, 6) is 0. The summed E-state index contributed by atoms with van der Waals surface area (Å²) >= 11 is 12.5. The molecule has 1 atom stereocenters. The Hall–Kier alpha value is -2.84. The largest absolute Gasteiger partial charge is 0.378 e. The van der Waals surface area contributed by atoms with Crippen LogP contribution >= 0.6 is 23.2 Å². The lowest BCUT2D eigenvalue weighted by atomic mass is 10.0. The normalized spacial score (nSPS) is 15.2. The fraction of sp³-hybridized carbons (Fsp3) is 0.308. The molecule has 4 aromatic rings. The lowest BCUT2D eigenvalue weighted by Crippen LogP contribution is -2.36. The number of halogens is 2. The van der Waals surface area contributed by atoms with Crippen molar-refractivity contribution in [3.05, 3.63) is 81.0 Å². The van der Waals surface area contributed by atoms with Gasteiger partial charge in [0.1, 0.15) is 5.65 Å². The molecule has 3 aromatic heterocycles. The van der Waals surface area contributed by atoms with Crippen LogP contribution in [0.5, 0.6) is 0 Å². The number of ether oxygens (including phenoxy) is 1. The molecule has 1 saturated heterocycles. The number of hydrogen-bond acceptors (Lipinski definition) is 5. The lowest BCUT2D eigenvalue weighted by Gasteiger charge is -2.28. The molecule has 4 heterocycles. The van der Waals surface area contributed by atoms with Crippen molar-refractivity contribution in [1.29, 1.82) is 0 Å². The minimum absolute atomic E-state index is 0.0999. The first-order valence-corrected chi connectivity index (χ1v) is 12.3. The Kier molecular flexibility index (Phi) is 6.84. The molecule has 0 amide bonds. The van der Waals surface area contributed by atoms with Crippen LogP contribution in [-0.2, 0) is 4.74 Å². The predicted molar refractivity (Wildman–Crippen MR) is 142 cm³/mol. The molecule has 0 saturated carbocycles. The second-order valence-electron chi connectivity index (χ2n) is 9.03. The summed E-state index contributed by atoms with van der Waals surface area (Å²) in [6.07, 6.45) is 5.64. The average Bonchev–Trinajstić information content (AvgIpc) is 3.26. The van der Waals surface area contributed by atoms with Gasteiger partial charge in [-0.1, -0.05) is 23.2 Å². The number of aromatic amines is 1. The van der Waals surface area contributed by atoms with Gasteiger partial charge in [-0.15, -0.1) is 0 Å². The van der Waals surface area contributed by atoms with Crippen molar-refractivity contribution in [2.45, 2.75) is 6.04 Å². The average molecular weight is 512 g/mol. The molecule has 1 aliphatic rings. The zero-order valence-corrected chi connectivity index (χ0v) is 21.2. The van der Waals surface area contributed by atoms with Crippen LogP contribution in [0.4, 0.5) is 5.69 Å². The fourth-order valence-electron chi connectivity index (χ4n) is 4.61. The van der Waals surface area contributed by atoms with E-state index in [-0.39, 0.29) is 11.6 Å². The van der Waals surface area contributed by atoms with Crippen molar-refractivity contribution in [2.24, 2.45) is 0 Å². The number of aromatic nitrogens is 3. The molecular formula is C26H27Cl2N5O2. The quantitative estimate of drug-likeness (QED) is 0.406. The number of rotatable bonds is 6. The van der Waals surface area contributed by atoms with Gasteiger partial charge in [0.25, 0.3) is 5.56 Å². The van der Waals surface area contributed by atoms with Crippen LogP contribution in [-0.4, -0.2) is 66.4 Å². The van der Waals surface area contributed by atoms with Crippen LogP contribution in [0.2, 0.25) is 10.0 Å². The standard InChI is InChI=1S/C26H27Cl2N5O2/c1-31(2)16-24(18-9-19(27)12-20(28)10-18)33-4-3-17(11-25(33)34)23-15-30-26-22(23)13-21(14-29-26)32-5-7-35-8-6-32/h3-4,9-15,24H,5-8,16H2,1-2H3,(H,29,30). The Morgan fingerprint density at radius 1 is 1.11 bits per heavy atom. The van der Waals surface area contributed by atoms with Gasteiger partial charge in [-0.2, -0.15) is 0 Å². The highest BCUT2D eigenvalue weighted by atomic mass is 35.5. The van der Waals surface area contributed by atoms with Gasteiger partial charge in [0, 0.05) is 59.1 Å². The second-order valence-corrected chi connectivity index (χ2v) is 9.91. The summed E-state index contributed by atoms with van der Waals surface area (Å²) in [5, 5.41) is 2.07. The first-order valence-electron chi connectivity index (χ1n) is 11.5. The SMILES string of the molecule is CN(C)CC(c1cc(Cl)cc(Cl)c1)n1ccc(-c2c[nH]c3ncc(N4CCOCC4)cc23)cc1=O. The molecular weight excluding hydrogens is 485 g/mol. The van der Waals surface area contributed by atoms with Gasteiger partial charge < -0.3 is 24.1 Å². The molecule has 1 aliphatic heterocycles. The van der Waals surface area contributed by atoms with E-state index in [0.717, 1.165) is 46.5 Å². The zero-order valence-electron chi connectivity index (χ0n) is 19.7. The molecule has 0 radical (unpaired) electrons. The van der Waals surface area contributed by atoms with E-state index >= 15 is 0 Å². The monoisotopic (exact) mass is 511 g/mol. The summed E-state index contributed by atoms with van der Waals surface area (Å²) in [7, 11) is 3.95. The van der Waals surface area contributed by atoms with E-state index < -0.39 is 0 Å². The number of fused-ring (bicyclic) bond motifs is 1. The van der Waals surface area contributed by atoms with Gasteiger partial charge in [-0.25, -0.2) is 4.98 Å². The summed E-state index contributed by atoms with van der Waals surface area (Å²) in [4.78, 5) is 25.5. The Bertz CT molecular complexity index is 1390. The maximum Gasteiger partial charge on any atom is 0.251 e. The van der Waals surface area contributed by atoms with Crippen LogP contribution < -0.4 is 10.5 Å². The van der Waals surface area contributed by atoms with Gasteiger partial charge in [-0.05, 0) is 55.6 Å². The number of pyridine rings is 2. The van der Waals surface area contributed by atoms with Gasteiger partial charge in [-0.3, -0.25) is 4.79 Å². The van der Waals surface area contributed by atoms with E-state index in [1.165, 1.54) is 0 Å². The van der Waals surface area contributed by atoms with E-state index in [4.69, 9.17) is 27.9 Å². The van der Waals surface area contributed by atoms with Crippen molar-refractivity contribution in [1.82, 2.24) is 19.4 Å². The van der Waals surface area contributed by atoms with Gasteiger partial charge in [0.2, 0.25) is 0 Å². The zero-order chi connectivity index (χ0) is 24.5. The molecule has 1 aromatic carbocycles. The van der Waals surface area contributed by atoms with E-state index in [1.807, 2.05) is 55.8 Å². The number of nitrogens with one attached hydrogen (secondary N) is 1. The summed E-state index contributed by atoms with van der Waals surface area (Å²) in [6, 6.07) is 11.0. The van der Waals surface area contributed by atoms with Crippen LogP contribution in [0.25, 0.3) is 22.2 Å². The number of H-pyrrole nitrogens is 1. The van der Waals surface area contributed by atoms with Gasteiger partial charge in [0.15, 0.2) is 0 Å². The highest BCUT2D eigenvalue weighted by molar-refractivity contribution is 6.34. The lowest BCUT2D eigenvalue weighted by molar-refractivity contribution is 0.122. The minimum atomic E-state index is -0.236. The van der Waals surface area contributed by atoms with Crippen LogP contribution in [0.3, 0.4) is 0 Å². The molecule has 5 rings (SSSR count). The van der Waals surface area contributed by atoms with Gasteiger partial charge >= 0.3 is 0 Å². The number of morpholine rings is 1. The molecule has 1 N–H and O–H groups in total. The van der Waals surface area contributed by atoms with E-state index in [9.17, 15) is 4.79 Å². The summed E-state index contributed by atoms with van der Waals surface area (Å²) in [5.41, 5.74) is 4.42. The Balaban J connectivity index is 1.53. The Labute approximate surface area is 213 Å². The fourth-order valence-corrected chi connectivity index (χ4v) is 5.15. The van der Waals surface area contributed by atoms with Crippen molar-refractivity contribution >= 4 is 39.9 Å². The van der Waals surface area contributed by atoms with Crippen LogP contribution in [0, 0.1) is 0 Å². The first kappa shape index (κ1) is 23.9. The Morgan fingerprint density at radius 2 is 1.86 bits per heavy atom. The molecule has 1 fully saturated rings. The molecule has 9 heteroatoms. The third-order valence-electron chi connectivity index (χ3n) is 6.30. The minimum Gasteiger partial charge on any atom is -0.378 e. The van der Waals surface area contributed by atoms with Crippen molar-refractivity contribution in [2.75, 3.05) is 51.8 Å². The van der Waals surface area contributed by atoms with Crippen molar-refractivity contribution in [3.63, 3.8) is 0 Å². The number of likely N-dealkylation sites (N-methyl/N-ethyl adjacent to an activating group) is 1. The predicted octanol–water partition coefficient (Wildman–Crippen LogP) is 4.69. The summed E-state index contributed by atoms with van der Waals surface area (Å²) < 4.78 is 7.21. The van der Waals surface area contributed by atoms with Gasteiger partial charge in [0.05, 0.1) is 31.1 Å². The van der Waals surface area contributed by atoms with Crippen LogP contribution in [0.15, 0.2) is 59.8 Å². The van der Waals surface area contributed by atoms with E-state index in [2.05, 4.69) is 20.9 Å². The molecule has 35 heavy (non-hydrogen) atoms. The third-order valence-corrected chi connectivity index (χ3v) is 6.73. The number of nitrogens with zero attached hydrogens (tertiary/aromatic N) is 4. The third kappa shape index (κ3) is 5.09. The molecule has 0 bridgehead atoms. The maximum absolute atomic E-state index is 13.4. The number of hydrogen-bond donors (Lipinski definition) is 1. The molecule has 0 aliphatic carbocycles. The molecule has 1 unspecified atom stereocenters. The summed E-state index contributed by atoms with van der Waals surface area (Å²) in [6.45, 7) is 3.72. The molecule has 0 spiro atoms. The Morgan fingerprint density at radius 3 is 2.54 bits per heavy atom. The smallest absolute Gasteiger partial charge is 0.251 e. The van der Waals surface area contributed by atoms with E-state index in [0.29, 0.717) is 29.8 Å². The van der Waals surface area contributed by atoms with E-state index in [1.54, 1.807) is 16.7 Å². The van der Waals surface area contributed by atoms with Crippen LogP contribution in [0.1, 0.15) is 11.6 Å². The molecule has 7 nitrogen and oxygen atoms in total. The highest BCUT2D eigenvalue weighted by Crippen LogP contribution is 2.31. The van der Waals surface area contributed by atoms with Crippen molar-refractivity contribution < 1.29 is 4.74 Å². The first-order chi connectivity index (χ1) is 16.9.